The van der Waals surface area contributed by atoms with Crippen LogP contribution in [0.25, 0.3) is 0 Å². The molecule has 0 bridgehead atoms. The van der Waals surface area contributed by atoms with Gasteiger partial charge in [-0.25, -0.2) is 14.8 Å². The van der Waals surface area contributed by atoms with E-state index >= 15 is 0 Å². The lowest BCUT2D eigenvalue weighted by atomic mass is 10.3. The topological polar surface area (TPSA) is 52.1 Å². The van der Waals surface area contributed by atoms with E-state index in [9.17, 15) is 4.79 Å². The van der Waals surface area contributed by atoms with Gasteiger partial charge in [-0.15, -0.1) is 0 Å². The summed E-state index contributed by atoms with van der Waals surface area (Å²) in [4.78, 5) is 19.1. The molecule has 16 heavy (non-hydrogen) atoms. The molecule has 0 aliphatic rings. The van der Waals surface area contributed by atoms with E-state index in [1.54, 1.807) is 18.2 Å². The lowest BCUT2D eigenvalue weighted by Gasteiger charge is -2.03. The molecule has 0 fully saturated rings. The normalized spacial score (nSPS) is 9.81. The van der Waals surface area contributed by atoms with Crippen molar-refractivity contribution in [3.63, 3.8) is 0 Å². The van der Waals surface area contributed by atoms with Gasteiger partial charge in [-0.2, -0.15) is 0 Å². The largest absolute Gasteiger partial charge is 0.422 e. The number of benzene rings is 1. The Morgan fingerprint density at radius 3 is 2.88 bits per heavy atom. The highest BCUT2D eigenvalue weighted by Gasteiger charge is 2.09. The number of carbonyl (C=O) groups excluding carboxylic acids is 1. The second-order valence-electron chi connectivity index (χ2n) is 2.94. The number of hydrogen-bond acceptors (Lipinski definition) is 4. The van der Waals surface area contributed by atoms with Crippen LogP contribution in [0.4, 0.5) is 0 Å². The molecule has 4 nitrogen and oxygen atoms in total. The summed E-state index contributed by atoms with van der Waals surface area (Å²) in [5, 5.41) is 0. The average molecular weight is 279 g/mol. The van der Waals surface area contributed by atoms with Crippen LogP contribution in [0.15, 0.2) is 47.3 Å². The van der Waals surface area contributed by atoms with Gasteiger partial charge in [0.05, 0.1) is 0 Å². The van der Waals surface area contributed by atoms with Gasteiger partial charge in [0.2, 0.25) is 0 Å². The third kappa shape index (κ3) is 2.64. The van der Waals surface area contributed by atoms with E-state index in [4.69, 9.17) is 4.74 Å². The number of hydrogen-bond donors (Lipinski definition) is 0. The van der Waals surface area contributed by atoms with Gasteiger partial charge in [0, 0.05) is 10.7 Å². The number of ether oxygens (including phenoxy) is 1. The maximum atomic E-state index is 11.6. The summed E-state index contributed by atoms with van der Waals surface area (Å²) in [5.74, 6) is -0.0292. The molecule has 0 atom stereocenters. The van der Waals surface area contributed by atoms with Crippen molar-refractivity contribution >= 4 is 21.9 Å². The van der Waals surface area contributed by atoms with Crippen molar-refractivity contribution < 1.29 is 9.53 Å². The van der Waals surface area contributed by atoms with E-state index in [-0.39, 0.29) is 5.69 Å². The summed E-state index contributed by atoms with van der Waals surface area (Å²) in [6.07, 6.45) is 2.79. The van der Waals surface area contributed by atoms with E-state index in [1.165, 1.54) is 18.6 Å². The molecule has 0 saturated carbocycles. The van der Waals surface area contributed by atoms with Crippen molar-refractivity contribution in [1.29, 1.82) is 0 Å². The lowest BCUT2D eigenvalue weighted by Crippen LogP contribution is -2.10. The van der Waals surface area contributed by atoms with Crippen molar-refractivity contribution in [2.24, 2.45) is 0 Å². The van der Waals surface area contributed by atoms with Crippen LogP contribution < -0.4 is 4.74 Å². The van der Waals surface area contributed by atoms with Crippen LogP contribution in [-0.2, 0) is 0 Å². The molecule has 0 radical (unpaired) electrons. The van der Waals surface area contributed by atoms with Crippen molar-refractivity contribution in [1.82, 2.24) is 9.97 Å². The molecule has 1 aromatic heterocycles. The molecule has 1 heterocycles. The van der Waals surface area contributed by atoms with Crippen molar-refractivity contribution in [2.75, 3.05) is 0 Å². The third-order valence-electron chi connectivity index (χ3n) is 1.80. The molecule has 0 saturated heterocycles. The van der Waals surface area contributed by atoms with Crippen molar-refractivity contribution in [2.45, 2.75) is 0 Å². The summed E-state index contributed by atoms with van der Waals surface area (Å²) in [7, 11) is 0. The smallest absolute Gasteiger partial charge is 0.362 e. The molecule has 0 N–H and O–H groups in total. The van der Waals surface area contributed by atoms with E-state index in [0.717, 1.165) is 4.47 Å². The van der Waals surface area contributed by atoms with Gasteiger partial charge in [0.15, 0.2) is 5.69 Å². The molecule has 0 amide bonds. The molecule has 0 aliphatic carbocycles. The van der Waals surface area contributed by atoms with Gasteiger partial charge in [0.1, 0.15) is 12.1 Å². The number of nitrogens with zero attached hydrogens (tertiary/aromatic N) is 2. The van der Waals surface area contributed by atoms with E-state index in [0.29, 0.717) is 5.75 Å². The summed E-state index contributed by atoms with van der Waals surface area (Å²) >= 11 is 3.29. The van der Waals surface area contributed by atoms with E-state index < -0.39 is 5.97 Å². The molecule has 2 aromatic rings. The SMILES string of the molecule is O=C(Oc1cccc(Br)c1)c1ccncn1. The van der Waals surface area contributed by atoms with Crippen molar-refractivity contribution in [3.05, 3.63) is 53.0 Å². The fraction of sp³-hybridized carbons (Fsp3) is 0. The first-order valence-corrected chi connectivity index (χ1v) is 5.29. The number of aromatic nitrogens is 2. The molecule has 0 spiro atoms. The summed E-state index contributed by atoms with van der Waals surface area (Å²) in [6, 6.07) is 8.54. The second-order valence-corrected chi connectivity index (χ2v) is 3.86. The zero-order valence-electron chi connectivity index (χ0n) is 8.13. The highest BCUT2D eigenvalue weighted by Crippen LogP contribution is 2.18. The molecule has 80 valence electrons. The van der Waals surface area contributed by atoms with Crippen LogP contribution >= 0.6 is 15.9 Å². The first-order chi connectivity index (χ1) is 7.75. The van der Waals surface area contributed by atoms with Gasteiger partial charge in [-0.3, -0.25) is 0 Å². The fourth-order valence-electron chi connectivity index (χ4n) is 1.10. The van der Waals surface area contributed by atoms with Crippen LogP contribution in [-0.4, -0.2) is 15.9 Å². The zero-order valence-corrected chi connectivity index (χ0v) is 9.72. The standard InChI is InChI=1S/C11H7BrN2O2/c12-8-2-1-3-9(6-8)16-11(15)10-4-5-13-7-14-10/h1-7H. The first kappa shape index (κ1) is 10.8. The maximum absolute atomic E-state index is 11.6. The highest BCUT2D eigenvalue weighted by atomic mass is 79.9. The van der Waals surface area contributed by atoms with Gasteiger partial charge < -0.3 is 4.74 Å². The van der Waals surface area contributed by atoms with Gasteiger partial charge in [-0.1, -0.05) is 22.0 Å². The Bertz CT molecular complexity index is 502. The highest BCUT2D eigenvalue weighted by molar-refractivity contribution is 9.10. The summed E-state index contributed by atoms with van der Waals surface area (Å²) in [5.41, 5.74) is 0.231. The lowest BCUT2D eigenvalue weighted by molar-refractivity contribution is 0.0728. The molecular weight excluding hydrogens is 272 g/mol. The Morgan fingerprint density at radius 1 is 1.31 bits per heavy atom. The molecular formula is C11H7BrN2O2. The number of rotatable bonds is 2. The Morgan fingerprint density at radius 2 is 2.19 bits per heavy atom. The molecule has 2 rings (SSSR count). The third-order valence-corrected chi connectivity index (χ3v) is 2.29. The quantitative estimate of drug-likeness (QED) is 0.626. The Balaban J connectivity index is 2.14. The second kappa shape index (κ2) is 4.85. The number of carbonyl (C=O) groups is 1. The molecule has 1 aromatic carbocycles. The van der Waals surface area contributed by atoms with Crippen LogP contribution in [0.5, 0.6) is 5.75 Å². The van der Waals surface area contributed by atoms with Crippen LogP contribution in [0.3, 0.4) is 0 Å². The predicted octanol–water partition coefficient (Wildman–Crippen LogP) is 2.46. The van der Waals surface area contributed by atoms with Crippen LogP contribution in [0.1, 0.15) is 10.5 Å². The van der Waals surface area contributed by atoms with Crippen molar-refractivity contribution in [3.8, 4) is 5.75 Å². The Hall–Kier alpha value is -1.75. The zero-order chi connectivity index (χ0) is 11.4. The van der Waals surface area contributed by atoms with Gasteiger partial charge in [0.25, 0.3) is 0 Å². The average Bonchev–Trinajstić information content (AvgIpc) is 2.30. The molecule has 0 unspecified atom stereocenters. The molecule has 0 aliphatic heterocycles. The fourth-order valence-corrected chi connectivity index (χ4v) is 1.48. The monoisotopic (exact) mass is 278 g/mol. The van der Waals surface area contributed by atoms with Gasteiger partial charge in [-0.05, 0) is 24.3 Å². The first-order valence-electron chi connectivity index (χ1n) is 4.49. The summed E-state index contributed by atoms with van der Waals surface area (Å²) in [6.45, 7) is 0. The number of halogens is 1. The van der Waals surface area contributed by atoms with Crippen LogP contribution in [0.2, 0.25) is 0 Å². The molecule has 5 heteroatoms. The van der Waals surface area contributed by atoms with Crippen LogP contribution in [0, 0.1) is 0 Å². The number of esters is 1. The maximum Gasteiger partial charge on any atom is 0.362 e. The van der Waals surface area contributed by atoms with E-state index in [1.807, 2.05) is 6.07 Å². The summed E-state index contributed by atoms with van der Waals surface area (Å²) < 4.78 is 5.97. The van der Waals surface area contributed by atoms with E-state index in [2.05, 4.69) is 25.9 Å². The minimum atomic E-state index is -0.500. The predicted molar refractivity (Wildman–Crippen MR) is 61.1 cm³/mol. The minimum absolute atomic E-state index is 0.231. The Kier molecular flexibility index (Phi) is 3.26. The van der Waals surface area contributed by atoms with Gasteiger partial charge >= 0.3 is 5.97 Å². The Labute approximate surface area is 100 Å². The minimum Gasteiger partial charge on any atom is -0.422 e.